The van der Waals surface area contributed by atoms with Crippen LogP contribution >= 0.6 is 0 Å². The first-order chi connectivity index (χ1) is 5.63. The maximum Gasteiger partial charge on any atom is 0.334 e. The lowest BCUT2D eigenvalue weighted by molar-refractivity contribution is -0.162. The molecule has 2 unspecified atom stereocenters. The third-order valence-electron chi connectivity index (χ3n) is 1.63. The average Bonchev–Trinajstić information content (AvgIpc) is 2.03. The third-order valence-corrected chi connectivity index (χ3v) is 1.63. The van der Waals surface area contributed by atoms with Gasteiger partial charge in [-0.3, -0.25) is 5.01 Å². The van der Waals surface area contributed by atoms with Crippen LogP contribution in [0.4, 0.5) is 0 Å². The zero-order chi connectivity index (χ0) is 9.14. The van der Waals surface area contributed by atoms with Crippen LogP contribution in [0.25, 0.3) is 0 Å². The van der Waals surface area contributed by atoms with Gasteiger partial charge in [0.15, 0.2) is 6.10 Å². The molecular formula is C6H10N2O4. The Bertz CT molecular complexity index is 196. The lowest BCUT2D eigenvalue weighted by atomic mass is 10.2. The molecule has 1 N–H and O–H groups in total. The molecule has 1 heterocycles. The van der Waals surface area contributed by atoms with Crippen molar-refractivity contribution in [3.8, 4) is 0 Å². The largest absolute Gasteiger partial charge is 0.479 e. The van der Waals surface area contributed by atoms with Crippen LogP contribution in [-0.2, 0) is 9.53 Å². The summed E-state index contributed by atoms with van der Waals surface area (Å²) in [6.07, 6.45) is -1.20. The van der Waals surface area contributed by atoms with E-state index in [1.807, 2.05) is 0 Å². The molecule has 0 aromatic heterocycles. The van der Waals surface area contributed by atoms with Crippen molar-refractivity contribution in [3.05, 3.63) is 4.91 Å². The molecule has 6 nitrogen and oxygen atoms in total. The van der Waals surface area contributed by atoms with Crippen LogP contribution in [0.1, 0.15) is 6.92 Å². The van der Waals surface area contributed by atoms with E-state index in [0.29, 0.717) is 6.54 Å². The summed E-state index contributed by atoms with van der Waals surface area (Å²) in [7, 11) is 0. The van der Waals surface area contributed by atoms with Gasteiger partial charge in [-0.2, -0.15) is 0 Å². The second-order valence-corrected chi connectivity index (χ2v) is 2.73. The highest BCUT2D eigenvalue weighted by atomic mass is 16.5. The Labute approximate surface area is 69.1 Å². The van der Waals surface area contributed by atoms with E-state index in [0.717, 1.165) is 5.01 Å². The van der Waals surface area contributed by atoms with Crippen LogP contribution in [-0.4, -0.2) is 41.4 Å². The van der Waals surface area contributed by atoms with Gasteiger partial charge in [0.2, 0.25) is 0 Å². The van der Waals surface area contributed by atoms with Crippen molar-refractivity contribution < 1.29 is 14.6 Å². The molecule has 2 atom stereocenters. The number of nitrogens with zero attached hydrogens (tertiary/aromatic N) is 2. The van der Waals surface area contributed by atoms with Crippen LogP contribution in [0.3, 0.4) is 0 Å². The average molecular weight is 174 g/mol. The number of carboxylic acid groups (broad SMARTS) is 1. The van der Waals surface area contributed by atoms with Crippen LogP contribution in [0, 0.1) is 4.91 Å². The molecule has 1 rings (SSSR count). The number of nitroso groups, excluding NO2 is 1. The number of hydrogen-bond donors (Lipinski definition) is 1. The Balaban J connectivity index is 2.56. The van der Waals surface area contributed by atoms with Gasteiger partial charge in [0, 0.05) is 0 Å². The van der Waals surface area contributed by atoms with Crippen molar-refractivity contribution in [3.63, 3.8) is 0 Å². The maximum atomic E-state index is 10.5. The van der Waals surface area contributed by atoms with E-state index in [9.17, 15) is 9.70 Å². The normalized spacial score (nSPS) is 29.9. The fraction of sp³-hybridized carbons (Fsp3) is 0.833. The van der Waals surface area contributed by atoms with Crippen molar-refractivity contribution in [1.29, 1.82) is 0 Å². The van der Waals surface area contributed by atoms with Crippen LogP contribution in [0.5, 0.6) is 0 Å². The summed E-state index contributed by atoms with van der Waals surface area (Å²) in [6, 6.07) is 0. The molecule has 0 bridgehead atoms. The minimum atomic E-state index is -1.06. The molecule has 0 aromatic rings. The van der Waals surface area contributed by atoms with Crippen molar-refractivity contribution in [1.82, 2.24) is 5.01 Å². The number of rotatable bonds is 2. The minimum absolute atomic E-state index is 0.0309. The molecule has 0 aromatic carbocycles. The fourth-order valence-corrected chi connectivity index (χ4v) is 1.13. The first kappa shape index (κ1) is 8.92. The fourth-order valence-electron chi connectivity index (χ4n) is 1.13. The monoisotopic (exact) mass is 174 g/mol. The number of carbonyl (C=O) groups is 1. The van der Waals surface area contributed by atoms with Crippen molar-refractivity contribution in [2.75, 3.05) is 13.1 Å². The second-order valence-electron chi connectivity index (χ2n) is 2.73. The second kappa shape index (κ2) is 3.48. The number of aliphatic carboxylic acids is 1. The number of hydrogen-bond acceptors (Lipinski definition) is 4. The SMILES string of the molecule is CC1CN(N=O)CC(C(=O)O)O1. The summed E-state index contributed by atoms with van der Waals surface area (Å²) in [5.74, 6) is -1.06. The molecule has 0 saturated carbocycles. The summed E-state index contributed by atoms with van der Waals surface area (Å²) in [6.45, 7) is 2.09. The van der Waals surface area contributed by atoms with Gasteiger partial charge in [0.1, 0.15) is 0 Å². The van der Waals surface area contributed by atoms with Gasteiger partial charge in [-0.15, -0.1) is 4.91 Å². The standard InChI is InChI=1S/C6H10N2O4/c1-4-2-8(7-11)3-5(12-4)6(9)10/h4-5H,2-3H2,1H3,(H,9,10). The molecule has 0 radical (unpaired) electrons. The lowest BCUT2D eigenvalue weighted by Crippen LogP contribution is -2.47. The minimum Gasteiger partial charge on any atom is -0.479 e. The van der Waals surface area contributed by atoms with E-state index in [4.69, 9.17) is 9.84 Å². The van der Waals surface area contributed by atoms with Gasteiger partial charge in [-0.1, -0.05) is 0 Å². The highest BCUT2D eigenvalue weighted by molar-refractivity contribution is 5.72. The zero-order valence-electron chi connectivity index (χ0n) is 6.64. The third kappa shape index (κ3) is 1.91. The molecule has 1 saturated heterocycles. The van der Waals surface area contributed by atoms with Gasteiger partial charge in [0.05, 0.1) is 24.5 Å². The van der Waals surface area contributed by atoms with E-state index >= 15 is 0 Å². The predicted molar refractivity (Wildman–Crippen MR) is 39.3 cm³/mol. The smallest absolute Gasteiger partial charge is 0.334 e. The Morgan fingerprint density at radius 1 is 1.67 bits per heavy atom. The van der Waals surface area contributed by atoms with Crippen molar-refractivity contribution in [2.24, 2.45) is 5.29 Å². The molecule has 6 heteroatoms. The maximum absolute atomic E-state index is 10.5. The summed E-state index contributed by atoms with van der Waals surface area (Å²) < 4.78 is 5.04. The summed E-state index contributed by atoms with van der Waals surface area (Å²) in [4.78, 5) is 20.6. The lowest BCUT2D eigenvalue weighted by Gasteiger charge is -2.30. The van der Waals surface area contributed by atoms with Gasteiger partial charge in [-0.25, -0.2) is 4.79 Å². The van der Waals surface area contributed by atoms with Gasteiger partial charge in [0.25, 0.3) is 0 Å². The molecule has 0 amide bonds. The van der Waals surface area contributed by atoms with E-state index in [1.165, 1.54) is 0 Å². The first-order valence-electron chi connectivity index (χ1n) is 3.60. The van der Waals surface area contributed by atoms with Gasteiger partial charge >= 0.3 is 5.97 Å². The van der Waals surface area contributed by atoms with Crippen LogP contribution in [0.2, 0.25) is 0 Å². The van der Waals surface area contributed by atoms with Gasteiger partial charge < -0.3 is 9.84 Å². The Kier molecular flexibility index (Phi) is 2.59. The van der Waals surface area contributed by atoms with E-state index in [-0.39, 0.29) is 12.6 Å². The Morgan fingerprint density at radius 3 is 2.83 bits per heavy atom. The molecule has 1 fully saturated rings. The van der Waals surface area contributed by atoms with E-state index in [1.54, 1.807) is 6.92 Å². The molecule has 1 aliphatic heterocycles. The summed E-state index contributed by atoms with van der Waals surface area (Å²) >= 11 is 0. The molecule has 1 aliphatic rings. The molecule has 68 valence electrons. The van der Waals surface area contributed by atoms with Crippen molar-refractivity contribution >= 4 is 5.97 Å². The summed E-state index contributed by atoms with van der Waals surface area (Å²) in [5, 5.41) is 12.4. The van der Waals surface area contributed by atoms with E-state index in [2.05, 4.69) is 5.29 Å². The Morgan fingerprint density at radius 2 is 2.33 bits per heavy atom. The molecule has 0 spiro atoms. The highest BCUT2D eigenvalue weighted by Gasteiger charge is 2.30. The van der Waals surface area contributed by atoms with Crippen molar-refractivity contribution in [2.45, 2.75) is 19.1 Å². The predicted octanol–water partition coefficient (Wildman–Crippen LogP) is -0.158. The molecule has 12 heavy (non-hydrogen) atoms. The van der Waals surface area contributed by atoms with Gasteiger partial charge in [-0.05, 0) is 6.92 Å². The van der Waals surface area contributed by atoms with Crippen LogP contribution in [0.15, 0.2) is 5.29 Å². The number of morpholine rings is 1. The zero-order valence-corrected chi connectivity index (χ0v) is 6.64. The number of ether oxygens (including phenoxy) is 1. The van der Waals surface area contributed by atoms with Crippen LogP contribution < -0.4 is 0 Å². The quantitative estimate of drug-likeness (QED) is 0.588. The Hall–Kier alpha value is -1.17. The first-order valence-corrected chi connectivity index (χ1v) is 3.60. The highest BCUT2D eigenvalue weighted by Crippen LogP contribution is 2.10. The topological polar surface area (TPSA) is 79.2 Å². The summed E-state index contributed by atoms with van der Waals surface area (Å²) in [5.41, 5.74) is 0. The molecule has 0 aliphatic carbocycles. The van der Waals surface area contributed by atoms with E-state index < -0.39 is 12.1 Å². The number of carboxylic acids is 1. The molecular weight excluding hydrogens is 164 g/mol.